The highest BCUT2D eigenvalue weighted by molar-refractivity contribution is 5.79. The quantitative estimate of drug-likeness (QED) is 0.748. The zero-order chi connectivity index (χ0) is 13.3. The molecular formula is C15H26N2O2. The number of fused-ring (bicyclic) bond motifs is 1. The van der Waals surface area contributed by atoms with Crippen LogP contribution in [-0.4, -0.2) is 47.7 Å². The molecule has 108 valence electrons. The molecule has 0 bridgehead atoms. The molecule has 2 N–H and O–H groups in total. The van der Waals surface area contributed by atoms with Crippen LogP contribution in [-0.2, 0) is 4.79 Å². The Kier molecular flexibility index (Phi) is 3.81. The van der Waals surface area contributed by atoms with E-state index in [4.69, 9.17) is 0 Å². The molecule has 3 fully saturated rings. The summed E-state index contributed by atoms with van der Waals surface area (Å²) in [4.78, 5) is 14.6. The Balaban J connectivity index is 1.62. The van der Waals surface area contributed by atoms with E-state index in [0.717, 1.165) is 64.7 Å². The molecule has 2 aliphatic heterocycles. The number of nitrogens with zero attached hydrogens (tertiary/aromatic N) is 1. The van der Waals surface area contributed by atoms with Gasteiger partial charge in [-0.15, -0.1) is 0 Å². The van der Waals surface area contributed by atoms with Gasteiger partial charge in [0.15, 0.2) is 0 Å². The fourth-order valence-corrected chi connectivity index (χ4v) is 4.09. The standard InChI is InChI=1S/C15H26N2O2/c18-14(12-4-3-8-16-10-12)17-9-7-15(19)6-2-1-5-13(15)11-17/h12-13,16,19H,1-11H2/t12-,13?,15?/m1/s1. The molecule has 3 aliphatic rings. The van der Waals surface area contributed by atoms with E-state index >= 15 is 0 Å². The van der Waals surface area contributed by atoms with Gasteiger partial charge in [0, 0.05) is 25.6 Å². The molecule has 1 saturated carbocycles. The van der Waals surface area contributed by atoms with E-state index in [-0.39, 0.29) is 5.92 Å². The van der Waals surface area contributed by atoms with Crippen molar-refractivity contribution in [3.05, 3.63) is 0 Å². The van der Waals surface area contributed by atoms with Gasteiger partial charge in [-0.2, -0.15) is 0 Å². The van der Waals surface area contributed by atoms with Crippen molar-refractivity contribution in [3.8, 4) is 0 Å². The van der Waals surface area contributed by atoms with Crippen LogP contribution in [0, 0.1) is 11.8 Å². The third-order valence-electron chi connectivity index (χ3n) is 5.39. The van der Waals surface area contributed by atoms with Crippen LogP contribution in [0.5, 0.6) is 0 Å². The number of piperidine rings is 2. The average molecular weight is 266 g/mol. The van der Waals surface area contributed by atoms with Crippen molar-refractivity contribution in [2.24, 2.45) is 11.8 Å². The van der Waals surface area contributed by atoms with Gasteiger partial charge in [-0.1, -0.05) is 12.8 Å². The Morgan fingerprint density at radius 3 is 2.89 bits per heavy atom. The maximum Gasteiger partial charge on any atom is 0.226 e. The smallest absolute Gasteiger partial charge is 0.226 e. The van der Waals surface area contributed by atoms with Crippen LogP contribution in [0.15, 0.2) is 0 Å². The van der Waals surface area contributed by atoms with Crippen LogP contribution >= 0.6 is 0 Å². The molecule has 19 heavy (non-hydrogen) atoms. The summed E-state index contributed by atoms with van der Waals surface area (Å²) in [6, 6.07) is 0. The topological polar surface area (TPSA) is 52.6 Å². The number of aliphatic hydroxyl groups is 1. The number of hydrogen-bond acceptors (Lipinski definition) is 3. The summed E-state index contributed by atoms with van der Waals surface area (Å²) < 4.78 is 0. The van der Waals surface area contributed by atoms with Gasteiger partial charge in [0.25, 0.3) is 0 Å². The van der Waals surface area contributed by atoms with Crippen molar-refractivity contribution in [1.82, 2.24) is 10.2 Å². The van der Waals surface area contributed by atoms with Crippen LogP contribution in [0.2, 0.25) is 0 Å². The van der Waals surface area contributed by atoms with Crippen molar-refractivity contribution in [3.63, 3.8) is 0 Å². The second kappa shape index (κ2) is 5.41. The van der Waals surface area contributed by atoms with Gasteiger partial charge in [-0.25, -0.2) is 0 Å². The summed E-state index contributed by atoms with van der Waals surface area (Å²) >= 11 is 0. The Hall–Kier alpha value is -0.610. The number of likely N-dealkylation sites (tertiary alicyclic amines) is 1. The summed E-state index contributed by atoms with van der Waals surface area (Å²) in [7, 11) is 0. The highest BCUT2D eigenvalue weighted by Crippen LogP contribution is 2.40. The first-order valence-electron chi connectivity index (χ1n) is 7.91. The van der Waals surface area contributed by atoms with E-state index < -0.39 is 5.60 Å². The second-order valence-corrected chi connectivity index (χ2v) is 6.62. The van der Waals surface area contributed by atoms with Crippen molar-refractivity contribution in [2.45, 2.75) is 50.5 Å². The minimum absolute atomic E-state index is 0.170. The number of hydrogen-bond donors (Lipinski definition) is 2. The Morgan fingerprint density at radius 2 is 2.11 bits per heavy atom. The number of carbonyl (C=O) groups is 1. The van der Waals surface area contributed by atoms with E-state index in [1.165, 1.54) is 6.42 Å². The molecule has 1 aliphatic carbocycles. The summed E-state index contributed by atoms with van der Waals surface area (Å²) in [5.41, 5.74) is -0.472. The molecular weight excluding hydrogens is 240 g/mol. The molecule has 0 aromatic rings. The van der Waals surface area contributed by atoms with E-state index in [1.54, 1.807) is 0 Å². The Bertz CT molecular complexity index is 341. The fourth-order valence-electron chi connectivity index (χ4n) is 4.09. The maximum atomic E-state index is 12.5. The van der Waals surface area contributed by atoms with E-state index in [9.17, 15) is 9.90 Å². The van der Waals surface area contributed by atoms with E-state index in [2.05, 4.69) is 5.32 Å². The molecule has 0 aromatic heterocycles. The Labute approximate surface area is 115 Å². The summed E-state index contributed by atoms with van der Waals surface area (Å²) in [5, 5.41) is 14.0. The minimum Gasteiger partial charge on any atom is -0.389 e. The van der Waals surface area contributed by atoms with Gasteiger partial charge in [0.1, 0.15) is 0 Å². The molecule has 2 heterocycles. The lowest BCUT2D eigenvalue weighted by Crippen LogP contribution is -2.56. The largest absolute Gasteiger partial charge is 0.389 e. The lowest BCUT2D eigenvalue weighted by molar-refractivity contribution is -0.147. The van der Waals surface area contributed by atoms with Crippen LogP contribution in [0.25, 0.3) is 0 Å². The van der Waals surface area contributed by atoms with E-state index in [0.29, 0.717) is 11.8 Å². The molecule has 2 saturated heterocycles. The third kappa shape index (κ3) is 2.65. The Morgan fingerprint density at radius 1 is 1.21 bits per heavy atom. The summed E-state index contributed by atoms with van der Waals surface area (Å²) in [6.07, 6.45) is 7.29. The summed E-state index contributed by atoms with van der Waals surface area (Å²) in [5.74, 6) is 0.804. The lowest BCUT2D eigenvalue weighted by Gasteiger charge is -2.48. The van der Waals surface area contributed by atoms with Crippen LogP contribution in [0.1, 0.15) is 44.9 Å². The highest BCUT2D eigenvalue weighted by Gasteiger charge is 2.44. The number of amides is 1. The third-order valence-corrected chi connectivity index (χ3v) is 5.39. The predicted octanol–water partition coefficient (Wildman–Crippen LogP) is 1.14. The SMILES string of the molecule is O=C([C@@H]1CCCNC1)N1CCC2(O)CCCCC2C1. The molecule has 1 amide bonds. The lowest BCUT2D eigenvalue weighted by atomic mass is 9.71. The van der Waals surface area contributed by atoms with Crippen molar-refractivity contribution >= 4 is 5.91 Å². The number of carbonyl (C=O) groups excluding carboxylic acids is 1. The fraction of sp³-hybridized carbons (Fsp3) is 0.933. The summed E-state index contributed by atoms with van der Waals surface area (Å²) in [6.45, 7) is 3.42. The van der Waals surface area contributed by atoms with Gasteiger partial charge in [0.2, 0.25) is 5.91 Å². The van der Waals surface area contributed by atoms with Crippen molar-refractivity contribution in [1.29, 1.82) is 0 Å². The van der Waals surface area contributed by atoms with Gasteiger partial charge >= 0.3 is 0 Å². The normalized spacial score (nSPS) is 39.7. The molecule has 0 spiro atoms. The molecule has 0 aromatic carbocycles. The predicted molar refractivity (Wildman–Crippen MR) is 73.7 cm³/mol. The first-order valence-corrected chi connectivity index (χ1v) is 7.91. The molecule has 0 radical (unpaired) electrons. The first kappa shape index (κ1) is 13.4. The molecule has 2 unspecified atom stereocenters. The highest BCUT2D eigenvalue weighted by atomic mass is 16.3. The monoisotopic (exact) mass is 266 g/mol. The molecule has 3 atom stereocenters. The van der Waals surface area contributed by atoms with Gasteiger partial charge in [0.05, 0.1) is 11.5 Å². The van der Waals surface area contributed by atoms with E-state index in [1.807, 2.05) is 4.90 Å². The van der Waals surface area contributed by atoms with Crippen LogP contribution in [0.4, 0.5) is 0 Å². The first-order chi connectivity index (χ1) is 9.19. The van der Waals surface area contributed by atoms with Gasteiger partial charge in [-0.05, 0) is 38.6 Å². The van der Waals surface area contributed by atoms with Crippen LogP contribution < -0.4 is 5.32 Å². The van der Waals surface area contributed by atoms with Crippen molar-refractivity contribution < 1.29 is 9.90 Å². The zero-order valence-corrected chi connectivity index (χ0v) is 11.7. The average Bonchev–Trinajstić information content (AvgIpc) is 2.46. The second-order valence-electron chi connectivity index (χ2n) is 6.62. The minimum atomic E-state index is -0.472. The zero-order valence-electron chi connectivity index (χ0n) is 11.7. The number of rotatable bonds is 1. The maximum absolute atomic E-state index is 12.5. The molecule has 4 heteroatoms. The van der Waals surface area contributed by atoms with Gasteiger partial charge in [-0.3, -0.25) is 4.79 Å². The van der Waals surface area contributed by atoms with Gasteiger partial charge < -0.3 is 15.3 Å². The van der Waals surface area contributed by atoms with Crippen LogP contribution in [0.3, 0.4) is 0 Å². The van der Waals surface area contributed by atoms with Crippen molar-refractivity contribution in [2.75, 3.05) is 26.2 Å². The number of nitrogens with one attached hydrogen (secondary N) is 1. The molecule has 3 rings (SSSR count). The molecule has 4 nitrogen and oxygen atoms in total.